The first-order valence-electron chi connectivity index (χ1n) is 6.12. The highest BCUT2D eigenvalue weighted by atomic mass is 15.2. The van der Waals surface area contributed by atoms with Gasteiger partial charge in [0.05, 0.1) is 0 Å². The molecule has 2 unspecified atom stereocenters. The van der Waals surface area contributed by atoms with Crippen LogP contribution in [-0.4, -0.2) is 30.1 Å². The molecule has 2 atom stereocenters. The summed E-state index contributed by atoms with van der Waals surface area (Å²) in [6.45, 7) is 9.19. The van der Waals surface area contributed by atoms with Crippen LogP contribution in [0.3, 0.4) is 0 Å². The smallest absolute Gasteiger partial charge is 0.0121 e. The second-order valence-corrected chi connectivity index (χ2v) is 4.97. The molecule has 0 saturated carbocycles. The van der Waals surface area contributed by atoms with Crippen LogP contribution in [-0.2, 0) is 0 Å². The van der Waals surface area contributed by atoms with Gasteiger partial charge in [-0.05, 0) is 51.6 Å². The van der Waals surface area contributed by atoms with Gasteiger partial charge in [0.15, 0.2) is 0 Å². The van der Waals surface area contributed by atoms with Crippen molar-refractivity contribution in [2.45, 2.75) is 58.5 Å². The molecular weight excluding hydrogens is 172 g/mol. The summed E-state index contributed by atoms with van der Waals surface area (Å²) in [6.07, 6.45) is 5.21. The van der Waals surface area contributed by atoms with Gasteiger partial charge in [-0.2, -0.15) is 0 Å². The average Bonchev–Trinajstić information content (AvgIpc) is 2.62. The Morgan fingerprint density at radius 3 is 2.64 bits per heavy atom. The molecule has 0 aromatic heterocycles. The second kappa shape index (κ2) is 5.72. The van der Waals surface area contributed by atoms with E-state index in [-0.39, 0.29) is 0 Å². The molecule has 2 nitrogen and oxygen atoms in total. The molecule has 0 aliphatic carbocycles. The number of nitrogens with zero attached hydrogens (tertiary/aromatic N) is 1. The van der Waals surface area contributed by atoms with E-state index in [1.54, 1.807) is 0 Å². The van der Waals surface area contributed by atoms with Crippen LogP contribution in [0.15, 0.2) is 0 Å². The summed E-state index contributed by atoms with van der Waals surface area (Å²) in [5.74, 6) is 0.804. The SMILES string of the molecule is CC(C)C1CCCN1C(C)CCCN. The van der Waals surface area contributed by atoms with Crippen LogP contribution in [0.1, 0.15) is 46.5 Å². The third-order valence-corrected chi connectivity index (χ3v) is 3.50. The third kappa shape index (κ3) is 2.96. The first kappa shape index (κ1) is 12.0. The Morgan fingerprint density at radius 2 is 2.07 bits per heavy atom. The quantitative estimate of drug-likeness (QED) is 0.734. The van der Waals surface area contributed by atoms with Crippen molar-refractivity contribution in [3.05, 3.63) is 0 Å². The summed E-state index contributed by atoms with van der Waals surface area (Å²) in [5, 5.41) is 0. The maximum atomic E-state index is 5.55. The van der Waals surface area contributed by atoms with E-state index in [2.05, 4.69) is 25.7 Å². The van der Waals surface area contributed by atoms with E-state index in [0.717, 1.165) is 24.5 Å². The molecule has 2 heteroatoms. The number of hydrogen-bond acceptors (Lipinski definition) is 2. The fourth-order valence-electron chi connectivity index (χ4n) is 2.66. The minimum absolute atomic E-state index is 0.730. The van der Waals surface area contributed by atoms with Crippen molar-refractivity contribution in [3.63, 3.8) is 0 Å². The molecule has 1 aliphatic heterocycles. The van der Waals surface area contributed by atoms with Gasteiger partial charge in [-0.15, -0.1) is 0 Å². The molecule has 1 heterocycles. The zero-order valence-corrected chi connectivity index (χ0v) is 10.00. The van der Waals surface area contributed by atoms with Gasteiger partial charge in [-0.3, -0.25) is 4.90 Å². The van der Waals surface area contributed by atoms with Crippen molar-refractivity contribution >= 4 is 0 Å². The first-order valence-corrected chi connectivity index (χ1v) is 6.12. The molecule has 0 bridgehead atoms. The van der Waals surface area contributed by atoms with Gasteiger partial charge in [0.25, 0.3) is 0 Å². The van der Waals surface area contributed by atoms with E-state index in [0.29, 0.717) is 0 Å². The lowest BCUT2D eigenvalue weighted by Gasteiger charge is -2.33. The minimum atomic E-state index is 0.730. The van der Waals surface area contributed by atoms with Gasteiger partial charge >= 0.3 is 0 Å². The molecule has 0 amide bonds. The average molecular weight is 198 g/mol. The molecule has 84 valence electrons. The Morgan fingerprint density at radius 1 is 1.36 bits per heavy atom. The van der Waals surface area contributed by atoms with Crippen molar-refractivity contribution in [2.24, 2.45) is 11.7 Å². The van der Waals surface area contributed by atoms with E-state index in [1.165, 1.54) is 32.2 Å². The molecule has 1 rings (SSSR count). The van der Waals surface area contributed by atoms with E-state index in [9.17, 15) is 0 Å². The van der Waals surface area contributed by atoms with Crippen molar-refractivity contribution < 1.29 is 0 Å². The first-order chi connectivity index (χ1) is 6.66. The van der Waals surface area contributed by atoms with Crippen LogP contribution >= 0.6 is 0 Å². The molecule has 0 spiro atoms. The number of nitrogens with two attached hydrogens (primary N) is 1. The lowest BCUT2D eigenvalue weighted by Crippen LogP contribution is -2.40. The molecule has 0 aromatic rings. The molecule has 1 saturated heterocycles. The van der Waals surface area contributed by atoms with Crippen LogP contribution in [0, 0.1) is 5.92 Å². The Hall–Kier alpha value is -0.0800. The lowest BCUT2D eigenvalue weighted by molar-refractivity contribution is 0.148. The summed E-state index contributed by atoms with van der Waals surface area (Å²) in [6, 6.07) is 1.55. The van der Waals surface area contributed by atoms with Crippen LogP contribution in [0.2, 0.25) is 0 Å². The van der Waals surface area contributed by atoms with Crippen LogP contribution in [0.25, 0.3) is 0 Å². The van der Waals surface area contributed by atoms with Gasteiger partial charge in [0.2, 0.25) is 0 Å². The summed E-state index contributed by atoms with van der Waals surface area (Å²) in [7, 11) is 0. The van der Waals surface area contributed by atoms with Gasteiger partial charge in [0.1, 0.15) is 0 Å². The number of rotatable bonds is 5. The molecule has 1 fully saturated rings. The highest BCUT2D eigenvalue weighted by molar-refractivity contribution is 4.84. The zero-order chi connectivity index (χ0) is 10.6. The monoisotopic (exact) mass is 198 g/mol. The Balaban J connectivity index is 2.40. The van der Waals surface area contributed by atoms with Crippen LogP contribution in [0.5, 0.6) is 0 Å². The Bertz CT molecular complexity index is 156. The normalized spacial score (nSPS) is 25.9. The maximum Gasteiger partial charge on any atom is 0.0121 e. The van der Waals surface area contributed by atoms with Gasteiger partial charge in [0, 0.05) is 12.1 Å². The highest BCUT2D eigenvalue weighted by Crippen LogP contribution is 2.26. The topological polar surface area (TPSA) is 29.3 Å². The minimum Gasteiger partial charge on any atom is -0.330 e. The maximum absolute atomic E-state index is 5.55. The lowest BCUT2D eigenvalue weighted by atomic mass is 10.00. The Labute approximate surface area is 88.8 Å². The second-order valence-electron chi connectivity index (χ2n) is 4.97. The molecule has 1 aliphatic rings. The molecule has 0 radical (unpaired) electrons. The zero-order valence-electron chi connectivity index (χ0n) is 10.00. The fraction of sp³-hybridized carbons (Fsp3) is 1.00. The van der Waals surface area contributed by atoms with Gasteiger partial charge in [-0.1, -0.05) is 13.8 Å². The van der Waals surface area contributed by atoms with E-state index in [1.807, 2.05) is 0 Å². The number of likely N-dealkylation sites (tertiary alicyclic amines) is 1. The summed E-state index contributed by atoms with van der Waals surface area (Å²) >= 11 is 0. The van der Waals surface area contributed by atoms with E-state index < -0.39 is 0 Å². The van der Waals surface area contributed by atoms with Crippen molar-refractivity contribution in [1.29, 1.82) is 0 Å². The largest absolute Gasteiger partial charge is 0.330 e. The number of hydrogen-bond donors (Lipinski definition) is 1. The van der Waals surface area contributed by atoms with Crippen molar-refractivity contribution in [2.75, 3.05) is 13.1 Å². The van der Waals surface area contributed by atoms with Gasteiger partial charge < -0.3 is 5.73 Å². The predicted molar refractivity (Wildman–Crippen MR) is 62.3 cm³/mol. The predicted octanol–water partition coefficient (Wildman–Crippen LogP) is 2.23. The van der Waals surface area contributed by atoms with Crippen molar-refractivity contribution in [1.82, 2.24) is 4.90 Å². The molecule has 14 heavy (non-hydrogen) atoms. The van der Waals surface area contributed by atoms with E-state index in [4.69, 9.17) is 5.73 Å². The molecule has 2 N–H and O–H groups in total. The summed E-state index contributed by atoms with van der Waals surface area (Å²) in [4.78, 5) is 2.69. The highest BCUT2D eigenvalue weighted by Gasteiger charge is 2.29. The van der Waals surface area contributed by atoms with Crippen LogP contribution in [0.4, 0.5) is 0 Å². The van der Waals surface area contributed by atoms with Gasteiger partial charge in [-0.25, -0.2) is 0 Å². The van der Waals surface area contributed by atoms with Crippen LogP contribution < -0.4 is 5.73 Å². The van der Waals surface area contributed by atoms with E-state index >= 15 is 0 Å². The third-order valence-electron chi connectivity index (χ3n) is 3.50. The molecule has 0 aromatic carbocycles. The van der Waals surface area contributed by atoms with Crippen molar-refractivity contribution in [3.8, 4) is 0 Å². The Kier molecular flexibility index (Phi) is 4.90. The fourth-order valence-corrected chi connectivity index (χ4v) is 2.66. The summed E-state index contributed by atoms with van der Waals surface area (Å²) < 4.78 is 0. The standard InChI is InChI=1S/C12H26N2/c1-10(2)12-7-5-9-14(12)11(3)6-4-8-13/h10-12H,4-9,13H2,1-3H3. The molecular formula is C12H26N2. The summed E-state index contributed by atoms with van der Waals surface area (Å²) in [5.41, 5.74) is 5.55.